The number of hydrogen-bond acceptors (Lipinski definition) is 4. The minimum Gasteiger partial charge on any atom is -0.497 e. The number of para-hydroxylation sites is 1. The molecular formula is C22H19ClN2O3. The van der Waals surface area contributed by atoms with Gasteiger partial charge in [0.25, 0.3) is 5.91 Å². The molecule has 0 fully saturated rings. The maximum absolute atomic E-state index is 12.3. The fraction of sp³-hybridized carbons (Fsp3) is 0.0909. The fourth-order valence-electron chi connectivity index (χ4n) is 2.45. The van der Waals surface area contributed by atoms with Gasteiger partial charge in [0.2, 0.25) is 0 Å². The molecule has 0 radical (unpaired) electrons. The van der Waals surface area contributed by atoms with Gasteiger partial charge in [0.15, 0.2) is 0 Å². The summed E-state index contributed by atoms with van der Waals surface area (Å²) in [6, 6.07) is 21.8. The van der Waals surface area contributed by atoms with Crippen molar-refractivity contribution in [3.05, 3.63) is 94.5 Å². The van der Waals surface area contributed by atoms with E-state index < -0.39 is 0 Å². The van der Waals surface area contributed by atoms with E-state index in [1.165, 1.54) is 0 Å². The SMILES string of the molecule is COc1ccc(C=NNC(=O)c2cccc(COc3ccccc3Cl)c2)cc1. The molecule has 1 amide bonds. The molecule has 5 nitrogen and oxygen atoms in total. The first-order valence-corrected chi connectivity index (χ1v) is 8.97. The molecule has 6 heteroatoms. The van der Waals surface area contributed by atoms with E-state index >= 15 is 0 Å². The molecule has 0 heterocycles. The van der Waals surface area contributed by atoms with Gasteiger partial charge in [0.05, 0.1) is 18.3 Å². The standard InChI is InChI=1S/C22H19ClN2O3/c1-27-19-11-9-16(10-12-19)14-24-25-22(26)18-6-4-5-17(13-18)15-28-21-8-3-2-7-20(21)23/h2-14H,15H2,1H3,(H,25,26). The zero-order chi connectivity index (χ0) is 19.8. The average molecular weight is 395 g/mol. The monoisotopic (exact) mass is 394 g/mol. The molecule has 0 aliphatic carbocycles. The first-order valence-electron chi connectivity index (χ1n) is 8.59. The summed E-state index contributed by atoms with van der Waals surface area (Å²) < 4.78 is 10.8. The summed E-state index contributed by atoms with van der Waals surface area (Å²) in [6.45, 7) is 0.306. The van der Waals surface area contributed by atoms with Gasteiger partial charge in [-0.25, -0.2) is 5.43 Å². The van der Waals surface area contributed by atoms with Crippen LogP contribution in [0.15, 0.2) is 77.9 Å². The Morgan fingerprint density at radius 1 is 1.07 bits per heavy atom. The summed E-state index contributed by atoms with van der Waals surface area (Å²) in [7, 11) is 1.61. The van der Waals surface area contributed by atoms with E-state index in [1.807, 2.05) is 42.5 Å². The molecule has 0 aromatic heterocycles. The second-order valence-corrected chi connectivity index (χ2v) is 6.30. The predicted molar refractivity (Wildman–Crippen MR) is 110 cm³/mol. The van der Waals surface area contributed by atoms with Crippen molar-refractivity contribution in [3.8, 4) is 11.5 Å². The number of methoxy groups -OCH3 is 1. The van der Waals surface area contributed by atoms with Gasteiger partial charge in [-0.05, 0) is 59.7 Å². The molecule has 1 N–H and O–H groups in total. The Hall–Kier alpha value is -3.31. The lowest BCUT2D eigenvalue weighted by Gasteiger charge is -2.08. The van der Waals surface area contributed by atoms with E-state index in [2.05, 4.69) is 10.5 Å². The Balaban J connectivity index is 1.58. The normalized spacial score (nSPS) is 10.6. The van der Waals surface area contributed by atoms with Crippen LogP contribution in [-0.4, -0.2) is 19.2 Å². The minimum atomic E-state index is -0.302. The number of carbonyl (C=O) groups excluding carboxylic acids is 1. The van der Waals surface area contributed by atoms with Crippen molar-refractivity contribution in [2.75, 3.05) is 7.11 Å². The van der Waals surface area contributed by atoms with Crippen molar-refractivity contribution in [3.63, 3.8) is 0 Å². The van der Waals surface area contributed by atoms with E-state index in [-0.39, 0.29) is 5.91 Å². The summed E-state index contributed by atoms with van der Waals surface area (Å²) >= 11 is 6.08. The van der Waals surface area contributed by atoms with Crippen LogP contribution >= 0.6 is 11.6 Å². The van der Waals surface area contributed by atoms with Crippen molar-refractivity contribution in [1.29, 1.82) is 0 Å². The molecule has 3 aromatic carbocycles. The van der Waals surface area contributed by atoms with Gasteiger partial charge in [-0.15, -0.1) is 0 Å². The number of hydrazone groups is 1. The number of benzene rings is 3. The van der Waals surface area contributed by atoms with Crippen LogP contribution in [0.4, 0.5) is 0 Å². The average Bonchev–Trinajstić information content (AvgIpc) is 2.74. The lowest BCUT2D eigenvalue weighted by Crippen LogP contribution is -2.17. The van der Waals surface area contributed by atoms with Crippen LogP contribution in [0.3, 0.4) is 0 Å². The Bertz CT molecular complexity index is 972. The smallest absolute Gasteiger partial charge is 0.271 e. The topological polar surface area (TPSA) is 59.9 Å². The molecule has 0 atom stereocenters. The second-order valence-electron chi connectivity index (χ2n) is 5.89. The van der Waals surface area contributed by atoms with Gasteiger partial charge < -0.3 is 9.47 Å². The summed E-state index contributed by atoms with van der Waals surface area (Å²) in [4.78, 5) is 12.3. The van der Waals surface area contributed by atoms with E-state index in [4.69, 9.17) is 21.1 Å². The van der Waals surface area contributed by atoms with Gasteiger partial charge >= 0.3 is 0 Å². The fourth-order valence-corrected chi connectivity index (χ4v) is 2.64. The lowest BCUT2D eigenvalue weighted by molar-refractivity contribution is 0.0955. The zero-order valence-corrected chi connectivity index (χ0v) is 16.0. The number of rotatable bonds is 7. The van der Waals surface area contributed by atoms with E-state index in [1.54, 1.807) is 43.7 Å². The third-order valence-electron chi connectivity index (χ3n) is 3.92. The molecule has 0 unspecified atom stereocenters. The number of carbonyl (C=O) groups is 1. The van der Waals surface area contributed by atoms with Crippen LogP contribution in [0.1, 0.15) is 21.5 Å². The van der Waals surface area contributed by atoms with Crippen molar-refractivity contribution in [2.24, 2.45) is 5.10 Å². The highest BCUT2D eigenvalue weighted by atomic mass is 35.5. The summed E-state index contributed by atoms with van der Waals surface area (Å²) in [6.07, 6.45) is 1.57. The van der Waals surface area contributed by atoms with Crippen LogP contribution in [0, 0.1) is 0 Å². The van der Waals surface area contributed by atoms with Gasteiger partial charge in [-0.1, -0.05) is 35.9 Å². The largest absolute Gasteiger partial charge is 0.497 e. The third-order valence-corrected chi connectivity index (χ3v) is 4.23. The first kappa shape index (κ1) is 19.5. The van der Waals surface area contributed by atoms with Crippen LogP contribution < -0.4 is 14.9 Å². The van der Waals surface area contributed by atoms with E-state index in [0.717, 1.165) is 16.9 Å². The Kier molecular flexibility index (Phi) is 6.65. The number of halogens is 1. The molecule has 0 saturated carbocycles. The van der Waals surface area contributed by atoms with Crippen molar-refractivity contribution in [1.82, 2.24) is 5.43 Å². The Morgan fingerprint density at radius 3 is 2.61 bits per heavy atom. The van der Waals surface area contributed by atoms with Crippen LogP contribution in [0.25, 0.3) is 0 Å². The predicted octanol–water partition coefficient (Wildman–Crippen LogP) is 4.69. The van der Waals surface area contributed by atoms with E-state index in [9.17, 15) is 4.79 Å². The molecular weight excluding hydrogens is 376 g/mol. The second kappa shape index (κ2) is 9.58. The zero-order valence-electron chi connectivity index (χ0n) is 15.3. The van der Waals surface area contributed by atoms with Crippen LogP contribution in [0.2, 0.25) is 5.02 Å². The van der Waals surface area contributed by atoms with Gasteiger partial charge in [0.1, 0.15) is 18.1 Å². The van der Waals surface area contributed by atoms with Gasteiger partial charge in [0, 0.05) is 5.56 Å². The van der Waals surface area contributed by atoms with Gasteiger partial charge in [-0.2, -0.15) is 5.10 Å². The molecule has 0 aliphatic heterocycles. The highest BCUT2D eigenvalue weighted by Crippen LogP contribution is 2.24. The molecule has 0 spiro atoms. The molecule has 28 heavy (non-hydrogen) atoms. The maximum atomic E-state index is 12.3. The number of amides is 1. The van der Waals surface area contributed by atoms with Crippen molar-refractivity contribution < 1.29 is 14.3 Å². The first-order chi connectivity index (χ1) is 13.7. The number of hydrogen-bond donors (Lipinski definition) is 1. The minimum absolute atomic E-state index is 0.302. The number of nitrogens with zero attached hydrogens (tertiary/aromatic N) is 1. The summed E-state index contributed by atoms with van der Waals surface area (Å²) in [5, 5.41) is 4.54. The molecule has 0 aliphatic rings. The van der Waals surface area contributed by atoms with Crippen LogP contribution in [0.5, 0.6) is 11.5 Å². The van der Waals surface area contributed by atoms with Crippen LogP contribution in [-0.2, 0) is 6.61 Å². The number of nitrogens with one attached hydrogen (secondary N) is 1. The molecule has 142 valence electrons. The molecule has 3 rings (SSSR count). The number of ether oxygens (including phenoxy) is 2. The highest BCUT2D eigenvalue weighted by Gasteiger charge is 2.06. The van der Waals surface area contributed by atoms with E-state index in [0.29, 0.717) is 22.9 Å². The van der Waals surface area contributed by atoms with Crippen molar-refractivity contribution in [2.45, 2.75) is 6.61 Å². The Morgan fingerprint density at radius 2 is 1.86 bits per heavy atom. The molecule has 3 aromatic rings. The molecule has 0 bridgehead atoms. The summed E-state index contributed by atoms with van der Waals surface area (Å²) in [5.41, 5.74) is 4.72. The third kappa shape index (κ3) is 5.34. The Labute approximate surface area is 168 Å². The molecule has 0 saturated heterocycles. The highest BCUT2D eigenvalue weighted by molar-refractivity contribution is 6.32. The maximum Gasteiger partial charge on any atom is 0.271 e. The quantitative estimate of drug-likeness (QED) is 0.467. The summed E-state index contributed by atoms with van der Waals surface area (Å²) in [5.74, 6) is 1.06. The van der Waals surface area contributed by atoms with Gasteiger partial charge in [-0.3, -0.25) is 4.79 Å². The van der Waals surface area contributed by atoms with Crippen molar-refractivity contribution >= 4 is 23.7 Å². The lowest BCUT2D eigenvalue weighted by atomic mass is 10.1.